The molecule has 0 saturated carbocycles. The average molecular weight is 286 g/mol. The van der Waals surface area contributed by atoms with Gasteiger partial charge in [0.25, 0.3) is 5.91 Å². The van der Waals surface area contributed by atoms with Crippen molar-refractivity contribution in [2.45, 2.75) is 12.5 Å². The molecule has 2 aromatic rings. The van der Waals surface area contributed by atoms with Crippen molar-refractivity contribution in [1.82, 2.24) is 10.3 Å². The highest BCUT2D eigenvalue weighted by atomic mass is 16.5. The fourth-order valence-electron chi connectivity index (χ4n) is 1.96. The third kappa shape index (κ3) is 4.29. The summed E-state index contributed by atoms with van der Waals surface area (Å²) in [5.74, 6) is 0.190. The zero-order valence-electron chi connectivity index (χ0n) is 11.8. The molecule has 0 aliphatic carbocycles. The van der Waals surface area contributed by atoms with Crippen LogP contribution in [0.4, 0.5) is 0 Å². The van der Waals surface area contributed by atoms with E-state index in [4.69, 9.17) is 4.74 Å². The van der Waals surface area contributed by atoms with Crippen molar-refractivity contribution in [3.05, 3.63) is 59.8 Å². The molecule has 0 aliphatic rings. The third-order valence-corrected chi connectivity index (χ3v) is 3.09. The standard InChI is InChI=1S/C16H18N2O3/c1-21-15-8-7-13(10-17-15)16(20)18-14(11-19)9-12-5-3-2-4-6-12/h2-8,10,14,19H,9,11H2,1H3,(H,18,20)/t14-/m0/s1. The van der Waals surface area contributed by atoms with Crippen molar-refractivity contribution in [2.24, 2.45) is 0 Å². The Morgan fingerprint density at radius 3 is 2.62 bits per heavy atom. The van der Waals surface area contributed by atoms with Gasteiger partial charge >= 0.3 is 0 Å². The van der Waals surface area contributed by atoms with E-state index < -0.39 is 0 Å². The Balaban J connectivity index is 1.98. The fourth-order valence-corrected chi connectivity index (χ4v) is 1.96. The Labute approximate surface area is 123 Å². The summed E-state index contributed by atoms with van der Waals surface area (Å²) in [6, 6.07) is 12.6. The maximum Gasteiger partial charge on any atom is 0.253 e. The van der Waals surface area contributed by atoms with Crippen molar-refractivity contribution in [2.75, 3.05) is 13.7 Å². The molecule has 0 fully saturated rings. The smallest absolute Gasteiger partial charge is 0.253 e. The van der Waals surface area contributed by atoms with Crippen LogP contribution in [0.3, 0.4) is 0 Å². The number of aliphatic hydroxyl groups is 1. The van der Waals surface area contributed by atoms with Gasteiger partial charge in [-0.3, -0.25) is 4.79 Å². The second kappa shape index (κ2) is 7.40. The Hall–Kier alpha value is -2.40. The molecule has 0 spiro atoms. The number of carbonyl (C=O) groups excluding carboxylic acids is 1. The molecule has 1 aromatic heterocycles. The van der Waals surface area contributed by atoms with Crippen molar-refractivity contribution in [3.63, 3.8) is 0 Å². The van der Waals surface area contributed by atoms with Crippen LogP contribution in [0, 0.1) is 0 Å². The molecule has 0 unspecified atom stereocenters. The predicted molar refractivity (Wildman–Crippen MR) is 79.3 cm³/mol. The van der Waals surface area contributed by atoms with Crippen molar-refractivity contribution in [3.8, 4) is 5.88 Å². The van der Waals surface area contributed by atoms with Gasteiger partial charge in [0.2, 0.25) is 5.88 Å². The Morgan fingerprint density at radius 1 is 1.29 bits per heavy atom. The van der Waals surface area contributed by atoms with Gasteiger partial charge in [-0.2, -0.15) is 0 Å². The second-order valence-corrected chi connectivity index (χ2v) is 4.63. The van der Waals surface area contributed by atoms with Gasteiger partial charge in [0.05, 0.1) is 25.3 Å². The lowest BCUT2D eigenvalue weighted by Crippen LogP contribution is -2.39. The summed E-state index contributed by atoms with van der Waals surface area (Å²) in [6.45, 7) is -0.121. The highest BCUT2D eigenvalue weighted by molar-refractivity contribution is 5.94. The quantitative estimate of drug-likeness (QED) is 0.842. The van der Waals surface area contributed by atoms with E-state index in [1.54, 1.807) is 12.1 Å². The van der Waals surface area contributed by atoms with E-state index >= 15 is 0 Å². The Bertz CT molecular complexity index is 570. The van der Waals surface area contributed by atoms with Crippen LogP contribution in [-0.2, 0) is 6.42 Å². The van der Waals surface area contributed by atoms with E-state index in [1.165, 1.54) is 13.3 Å². The van der Waals surface area contributed by atoms with Crippen LogP contribution >= 0.6 is 0 Å². The minimum Gasteiger partial charge on any atom is -0.481 e. The molecule has 2 N–H and O–H groups in total. The van der Waals surface area contributed by atoms with E-state index in [2.05, 4.69) is 10.3 Å². The summed E-state index contributed by atoms with van der Waals surface area (Å²) in [5.41, 5.74) is 1.49. The lowest BCUT2D eigenvalue weighted by molar-refractivity contribution is 0.0916. The first-order valence-corrected chi connectivity index (χ1v) is 6.68. The SMILES string of the molecule is COc1ccc(C(=O)N[C@H](CO)Cc2ccccc2)cn1. The minimum absolute atomic E-state index is 0.121. The number of pyridine rings is 1. The first kappa shape index (κ1) is 15.0. The predicted octanol–water partition coefficient (Wildman–Crippen LogP) is 1.42. The van der Waals surface area contributed by atoms with Crippen molar-refractivity contribution >= 4 is 5.91 Å². The largest absolute Gasteiger partial charge is 0.481 e. The van der Waals surface area contributed by atoms with Crippen LogP contribution in [0.1, 0.15) is 15.9 Å². The average Bonchev–Trinajstić information content (AvgIpc) is 2.55. The molecular formula is C16H18N2O3. The molecule has 0 saturated heterocycles. The summed E-state index contributed by atoms with van der Waals surface area (Å²) in [5, 5.41) is 12.2. The van der Waals surface area contributed by atoms with Crippen LogP contribution in [0.15, 0.2) is 48.7 Å². The zero-order chi connectivity index (χ0) is 15.1. The molecule has 0 radical (unpaired) electrons. The number of hydrogen-bond acceptors (Lipinski definition) is 4. The molecule has 1 heterocycles. The summed E-state index contributed by atoms with van der Waals surface area (Å²) >= 11 is 0. The molecule has 1 amide bonds. The monoisotopic (exact) mass is 286 g/mol. The van der Waals surface area contributed by atoms with E-state index in [-0.39, 0.29) is 18.6 Å². The van der Waals surface area contributed by atoms with Crippen LogP contribution in [-0.4, -0.2) is 35.8 Å². The Morgan fingerprint density at radius 2 is 2.05 bits per heavy atom. The lowest BCUT2D eigenvalue weighted by atomic mass is 10.1. The molecule has 2 rings (SSSR count). The van der Waals surface area contributed by atoms with Gasteiger partial charge in [0, 0.05) is 12.3 Å². The number of nitrogens with zero attached hydrogens (tertiary/aromatic N) is 1. The van der Waals surface area contributed by atoms with Gasteiger partial charge in [-0.15, -0.1) is 0 Å². The van der Waals surface area contributed by atoms with E-state index in [9.17, 15) is 9.90 Å². The van der Waals surface area contributed by atoms with Crippen LogP contribution in [0.5, 0.6) is 5.88 Å². The number of aromatic nitrogens is 1. The van der Waals surface area contributed by atoms with E-state index in [0.29, 0.717) is 17.9 Å². The van der Waals surface area contributed by atoms with Crippen LogP contribution in [0.25, 0.3) is 0 Å². The molecule has 0 aliphatic heterocycles. The molecule has 0 bridgehead atoms. The van der Waals surface area contributed by atoms with E-state index in [1.807, 2.05) is 30.3 Å². The van der Waals surface area contributed by atoms with Crippen LogP contribution < -0.4 is 10.1 Å². The number of amides is 1. The molecule has 110 valence electrons. The normalized spacial score (nSPS) is 11.7. The van der Waals surface area contributed by atoms with Crippen molar-refractivity contribution in [1.29, 1.82) is 0 Å². The number of nitrogens with one attached hydrogen (secondary N) is 1. The first-order valence-electron chi connectivity index (χ1n) is 6.68. The van der Waals surface area contributed by atoms with Gasteiger partial charge in [-0.25, -0.2) is 4.98 Å². The Kier molecular flexibility index (Phi) is 5.29. The van der Waals surface area contributed by atoms with Gasteiger partial charge in [0.15, 0.2) is 0 Å². The van der Waals surface area contributed by atoms with Gasteiger partial charge < -0.3 is 15.2 Å². The molecule has 5 nitrogen and oxygen atoms in total. The van der Waals surface area contributed by atoms with Crippen LogP contribution in [0.2, 0.25) is 0 Å². The molecule has 1 aromatic carbocycles. The maximum atomic E-state index is 12.1. The summed E-state index contributed by atoms with van der Waals surface area (Å²) in [6.07, 6.45) is 2.03. The number of benzene rings is 1. The molecular weight excluding hydrogens is 268 g/mol. The number of ether oxygens (including phenoxy) is 1. The lowest BCUT2D eigenvalue weighted by Gasteiger charge is -2.16. The van der Waals surface area contributed by atoms with Gasteiger partial charge in [-0.1, -0.05) is 30.3 Å². The number of hydrogen-bond donors (Lipinski definition) is 2. The molecule has 1 atom stereocenters. The minimum atomic E-state index is -0.331. The summed E-state index contributed by atoms with van der Waals surface area (Å²) < 4.78 is 4.95. The van der Waals surface area contributed by atoms with Crippen molar-refractivity contribution < 1.29 is 14.6 Å². The number of aliphatic hydroxyl groups excluding tert-OH is 1. The second-order valence-electron chi connectivity index (χ2n) is 4.63. The van der Waals surface area contributed by atoms with Gasteiger partial charge in [0.1, 0.15) is 0 Å². The molecule has 5 heteroatoms. The van der Waals surface area contributed by atoms with E-state index in [0.717, 1.165) is 5.56 Å². The third-order valence-electron chi connectivity index (χ3n) is 3.09. The number of methoxy groups -OCH3 is 1. The summed E-state index contributed by atoms with van der Waals surface area (Å²) in [7, 11) is 1.52. The maximum absolute atomic E-state index is 12.1. The number of rotatable bonds is 6. The first-order chi connectivity index (χ1) is 10.2. The highest BCUT2D eigenvalue weighted by Gasteiger charge is 2.14. The zero-order valence-corrected chi connectivity index (χ0v) is 11.8. The van der Waals surface area contributed by atoms with Gasteiger partial charge in [-0.05, 0) is 18.1 Å². The topological polar surface area (TPSA) is 71.5 Å². The highest BCUT2D eigenvalue weighted by Crippen LogP contribution is 2.08. The number of carbonyl (C=O) groups is 1. The summed E-state index contributed by atoms with van der Waals surface area (Å²) in [4.78, 5) is 16.1. The molecule has 21 heavy (non-hydrogen) atoms. The fraction of sp³-hybridized carbons (Fsp3) is 0.250.